The average Bonchev–Trinajstić information content (AvgIpc) is 2.57. The lowest BCUT2D eigenvalue weighted by atomic mass is 10.2. The Balaban J connectivity index is 1.86. The highest BCUT2D eigenvalue weighted by Crippen LogP contribution is 2.13. The number of benzene rings is 1. The molecule has 5 nitrogen and oxygen atoms in total. The van der Waals surface area contributed by atoms with Crippen molar-refractivity contribution in [3.05, 3.63) is 54.2 Å². The Morgan fingerprint density at radius 2 is 1.95 bits per heavy atom. The number of rotatable bonds is 7. The first-order valence-corrected chi connectivity index (χ1v) is 7.16. The molecule has 0 saturated carbocycles. The van der Waals surface area contributed by atoms with Gasteiger partial charge in [0.05, 0.1) is 13.7 Å². The third kappa shape index (κ3) is 4.30. The zero-order chi connectivity index (χ0) is 15.8. The summed E-state index contributed by atoms with van der Waals surface area (Å²) >= 11 is 0. The minimum Gasteiger partial charge on any atom is -0.497 e. The second-order valence-electron chi connectivity index (χ2n) is 4.67. The Kier molecular flexibility index (Phi) is 5.91. The smallest absolute Gasteiger partial charge is 0.254 e. The maximum Gasteiger partial charge on any atom is 0.254 e. The number of ether oxygens (including phenoxy) is 2. The van der Waals surface area contributed by atoms with Gasteiger partial charge < -0.3 is 9.47 Å². The number of likely N-dealkylation sites (N-methyl/N-ethyl adjacent to an activating group) is 1. The van der Waals surface area contributed by atoms with Gasteiger partial charge in [-0.05, 0) is 36.8 Å². The van der Waals surface area contributed by atoms with E-state index in [2.05, 4.69) is 4.98 Å². The minimum atomic E-state index is -0.102. The number of methoxy groups -OCH3 is 1. The predicted molar refractivity (Wildman–Crippen MR) is 84.9 cm³/mol. The molecule has 116 valence electrons. The van der Waals surface area contributed by atoms with Crippen LogP contribution >= 0.6 is 0 Å². The normalized spacial score (nSPS) is 10.3. The molecule has 0 unspecified atom stereocenters. The van der Waals surface area contributed by atoms with Crippen LogP contribution < -0.4 is 9.64 Å². The topological polar surface area (TPSA) is 51.7 Å². The van der Waals surface area contributed by atoms with Crippen molar-refractivity contribution >= 4 is 11.7 Å². The first kappa shape index (κ1) is 16.0. The van der Waals surface area contributed by atoms with Crippen molar-refractivity contribution in [1.29, 1.82) is 0 Å². The lowest BCUT2D eigenvalue weighted by Gasteiger charge is -2.19. The summed E-state index contributed by atoms with van der Waals surface area (Å²) in [6, 6.07) is 13.1. The fourth-order valence-corrected chi connectivity index (χ4v) is 2.04. The molecule has 0 aliphatic rings. The highest BCUT2D eigenvalue weighted by Gasteiger charge is 2.14. The van der Waals surface area contributed by atoms with Crippen molar-refractivity contribution in [2.75, 3.05) is 25.2 Å². The fourth-order valence-electron chi connectivity index (χ4n) is 2.04. The van der Waals surface area contributed by atoms with E-state index >= 15 is 0 Å². The summed E-state index contributed by atoms with van der Waals surface area (Å²) < 4.78 is 10.6. The van der Waals surface area contributed by atoms with Gasteiger partial charge in [0.15, 0.2) is 0 Å². The SMILES string of the molecule is CCN(C(=O)COCc1ccc(OC)cc1)c1ccccn1. The molecule has 1 aromatic carbocycles. The third-order valence-corrected chi connectivity index (χ3v) is 3.20. The molecule has 0 fully saturated rings. The second-order valence-corrected chi connectivity index (χ2v) is 4.67. The number of carbonyl (C=O) groups is 1. The summed E-state index contributed by atoms with van der Waals surface area (Å²) in [5, 5.41) is 0. The summed E-state index contributed by atoms with van der Waals surface area (Å²) in [6.07, 6.45) is 1.67. The van der Waals surface area contributed by atoms with Crippen molar-refractivity contribution in [3.8, 4) is 5.75 Å². The van der Waals surface area contributed by atoms with Gasteiger partial charge in [0, 0.05) is 12.7 Å². The van der Waals surface area contributed by atoms with Crippen LogP contribution in [-0.4, -0.2) is 31.2 Å². The first-order valence-electron chi connectivity index (χ1n) is 7.16. The van der Waals surface area contributed by atoms with Crippen molar-refractivity contribution < 1.29 is 14.3 Å². The summed E-state index contributed by atoms with van der Waals surface area (Å²) in [5.41, 5.74) is 0.995. The highest BCUT2D eigenvalue weighted by molar-refractivity contribution is 5.93. The van der Waals surface area contributed by atoms with Crippen LogP contribution in [0.1, 0.15) is 12.5 Å². The maximum atomic E-state index is 12.2. The van der Waals surface area contributed by atoms with Crippen molar-refractivity contribution in [2.45, 2.75) is 13.5 Å². The van der Waals surface area contributed by atoms with Crippen molar-refractivity contribution in [3.63, 3.8) is 0 Å². The largest absolute Gasteiger partial charge is 0.497 e. The van der Waals surface area contributed by atoms with Crippen LogP contribution in [0.5, 0.6) is 5.75 Å². The molecule has 2 rings (SSSR count). The number of anilines is 1. The first-order chi connectivity index (χ1) is 10.7. The minimum absolute atomic E-state index is 0.0242. The van der Waals surface area contributed by atoms with Crippen molar-refractivity contribution in [1.82, 2.24) is 4.98 Å². The van der Waals surface area contributed by atoms with Gasteiger partial charge in [-0.3, -0.25) is 9.69 Å². The zero-order valence-corrected chi connectivity index (χ0v) is 12.9. The van der Waals surface area contributed by atoms with Gasteiger partial charge in [0.2, 0.25) is 0 Å². The van der Waals surface area contributed by atoms with Gasteiger partial charge in [-0.15, -0.1) is 0 Å². The summed E-state index contributed by atoms with van der Waals surface area (Å²) in [7, 11) is 1.63. The number of hydrogen-bond acceptors (Lipinski definition) is 4. The van der Waals surface area contributed by atoms with Gasteiger partial charge in [-0.1, -0.05) is 18.2 Å². The summed E-state index contributed by atoms with van der Waals surface area (Å²) in [6.45, 7) is 2.88. The van der Waals surface area contributed by atoms with E-state index in [1.165, 1.54) is 0 Å². The van der Waals surface area contributed by atoms with E-state index in [4.69, 9.17) is 9.47 Å². The number of nitrogens with zero attached hydrogens (tertiary/aromatic N) is 2. The lowest BCUT2D eigenvalue weighted by molar-refractivity contribution is -0.123. The molecule has 1 aromatic heterocycles. The van der Waals surface area contributed by atoms with E-state index in [0.29, 0.717) is 19.0 Å². The Bertz CT molecular complexity index is 585. The molecule has 5 heteroatoms. The molecular weight excluding hydrogens is 280 g/mol. The molecule has 0 spiro atoms. The van der Waals surface area contributed by atoms with E-state index in [0.717, 1.165) is 11.3 Å². The van der Waals surface area contributed by atoms with Crippen LogP contribution in [0.2, 0.25) is 0 Å². The Morgan fingerprint density at radius 3 is 2.55 bits per heavy atom. The highest BCUT2D eigenvalue weighted by atomic mass is 16.5. The third-order valence-electron chi connectivity index (χ3n) is 3.20. The molecule has 0 aliphatic carbocycles. The second kappa shape index (κ2) is 8.14. The molecule has 1 amide bonds. The number of amides is 1. The monoisotopic (exact) mass is 300 g/mol. The van der Waals surface area contributed by atoms with Crippen LogP contribution in [-0.2, 0) is 16.1 Å². The molecule has 1 heterocycles. The van der Waals surface area contributed by atoms with Gasteiger partial charge in [-0.25, -0.2) is 4.98 Å². The van der Waals surface area contributed by atoms with Gasteiger partial charge >= 0.3 is 0 Å². The number of hydrogen-bond donors (Lipinski definition) is 0. The van der Waals surface area contributed by atoms with Crippen LogP contribution in [0.3, 0.4) is 0 Å². The van der Waals surface area contributed by atoms with Gasteiger partial charge in [-0.2, -0.15) is 0 Å². The average molecular weight is 300 g/mol. The predicted octanol–water partition coefficient (Wildman–Crippen LogP) is 2.66. The fraction of sp³-hybridized carbons (Fsp3) is 0.294. The number of pyridine rings is 1. The summed E-state index contributed by atoms with van der Waals surface area (Å²) in [5.74, 6) is 1.34. The molecule has 0 saturated heterocycles. The standard InChI is InChI=1S/C17H20N2O3/c1-3-19(16-6-4-5-11-18-16)17(20)13-22-12-14-7-9-15(21-2)10-8-14/h4-11H,3,12-13H2,1-2H3. The lowest BCUT2D eigenvalue weighted by Crippen LogP contribution is -2.34. The molecule has 0 N–H and O–H groups in total. The molecule has 0 aliphatic heterocycles. The molecular formula is C17H20N2O3. The molecule has 0 atom stereocenters. The van der Waals surface area contributed by atoms with E-state index < -0.39 is 0 Å². The Morgan fingerprint density at radius 1 is 1.18 bits per heavy atom. The molecule has 0 radical (unpaired) electrons. The zero-order valence-electron chi connectivity index (χ0n) is 12.9. The number of aromatic nitrogens is 1. The van der Waals surface area contributed by atoms with Crippen molar-refractivity contribution in [2.24, 2.45) is 0 Å². The van der Waals surface area contributed by atoms with Gasteiger partial charge in [0.25, 0.3) is 5.91 Å². The maximum absolute atomic E-state index is 12.2. The summed E-state index contributed by atoms with van der Waals surface area (Å²) in [4.78, 5) is 18.0. The van der Waals surface area contributed by atoms with E-state index in [-0.39, 0.29) is 12.5 Å². The van der Waals surface area contributed by atoms with Crippen LogP contribution in [0.4, 0.5) is 5.82 Å². The van der Waals surface area contributed by atoms with E-state index in [1.54, 1.807) is 18.2 Å². The van der Waals surface area contributed by atoms with Crippen LogP contribution in [0.15, 0.2) is 48.7 Å². The van der Waals surface area contributed by atoms with E-state index in [9.17, 15) is 4.79 Å². The van der Waals surface area contributed by atoms with Gasteiger partial charge in [0.1, 0.15) is 18.2 Å². The molecule has 2 aromatic rings. The Hall–Kier alpha value is -2.40. The number of carbonyl (C=O) groups excluding carboxylic acids is 1. The van der Waals surface area contributed by atoms with E-state index in [1.807, 2.05) is 49.4 Å². The van der Waals surface area contributed by atoms with Crippen LogP contribution in [0, 0.1) is 0 Å². The Labute approximate surface area is 130 Å². The molecule has 0 bridgehead atoms. The molecule has 22 heavy (non-hydrogen) atoms. The van der Waals surface area contributed by atoms with Crippen LogP contribution in [0.25, 0.3) is 0 Å². The quantitative estimate of drug-likeness (QED) is 0.789.